The molecule has 0 aromatic heterocycles. The summed E-state index contributed by atoms with van der Waals surface area (Å²) in [5, 5.41) is 2.17. The maximum atomic E-state index is 12.5. The number of thioether (sulfide) groups is 1. The number of hydrogen-bond acceptors (Lipinski definition) is 7. The number of nitrogens with one attached hydrogen (secondary N) is 1. The molecule has 3 amide bonds. The molecular formula is C19H22N2O6S. The molecule has 0 aliphatic carbocycles. The number of hydrogen-bond donors (Lipinski definition) is 1. The summed E-state index contributed by atoms with van der Waals surface area (Å²) in [5.74, 6) is -0.839. The van der Waals surface area contributed by atoms with Crippen LogP contribution in [0.5, 0.6) is 5.75 Å². The van der Waals surface area contributed by atoms with Gasteiger partial charge in [0.15, 0.2) is 6.61 Å². The van der Waals surface area contributed by atoms with E-state index in [-0.39, 0.29) is 29.9 Å². The Morgan fingerprint density at radius 2 is 1.96 bits per heavy atom. The standard InChI is InChI=1S/C19H22N2O6S/c1-12(2)9-20-16(22)10-21-18(24)15(28-19(21)25)8-13-6-4-5-7-14(13)27-11-17(23)26-3/h4-8,12H,9-11H2,1-3H3,(H,20,22)/b15-8-. The zero-order chi connectivity index (χ0) is 20.7. The highest BCUT2D eigenvalue weighted by Gasteiger charge is 2.36. The minimum Gasteiger partial charge on any atom is -0.481 e. The van der Waals surface area contributed by atoms with Gasteiger partial charge in [-0.3, -0.25) is 19.3 Å². The highest BCUT2D eigenvalue weighted by molar-refractivity contribution is 8.18. The lowest BCUT2D eigenvalue weighted by Crippen LogP contribution is -2.40. The highest BCUT2D eigenvalue weighted by Crippen LogP contribution is 2.33. The second kappa shape index (κ2) is 9.93. The number of nitrogens with zero attached hydrogens (tertiary/aromatic N) is 1. The number of carbonyl (C=O) groups is 4. The molecule has 9 heteroatoms. The fourth-order valence-corrected chi connectivity index (χ4v) is 3.05. The third-order valence-electron chi connectivity index (χ3n) is 3.66. The Bertz CT molecular complexity index is 805. The van der Waals surface area contributed by atoms with Crippen molar-refractivity contribution in [3.63, 3.8) is 0 Å². The van der Waals surface area contributed by atoms with Crippen LogP contribution in [-0.2, 0) is 19.1 Å². The molecule has 0 bridgehead atoms. The van der Waals surface area contributed by atoms with Gasteiger partial charge in [-0.1, -0.05) is 32.0 Å². The third kappa shape index (κ3) is 5.85. The third-order valence-corrected chi connectivity index (χ3v) is 4.57. The van der Waals surface area contributed by atoms with Gasteiger partial charge in [0.25, 0.3) is 11.1 Å². The fraction of sp³-hybridized carbons (Fsp3) is 0.368. The van der Waals surface area contributed by atoms with Gasteiger partial charge in [-0.15, -0.1) is 0 Å². The van der Waals surface area contributed by atoms with Gasteiger partial charge in [0, 0.05) is 12.1 Å². The molecule has 1 saturated heterocycles. The number of para-hydroxylation sites is 1. The van der Waals surface area contributed by atoms with E-state index in [1.807, 2.05) is 13.8 Å². The van der Waals surface area contributed by atoms with Crippen LogP contribution in [0, 0.1) is 5.92 Å². The SMILES string of the molecule is COC(=O)COc1ccccc1/C=C1\SC(=O)N(CC(=O)NCC(C)C)C1=O. The van der Waals surface area contributed by atoms with Crippen LogP contribution in [-0.4, -0.2) is 54.7 Å². The molecule has 2 rings (SSSR count). The molecule has 0 unspecified atom stereocenters. The Morgan fingerprint density at radius 3 is 2.64 bits per heavy atom. The summed E-state index contributed by atoms with van der Waals surface area (Å²) in [6.45, 7) is 3.76. The first-order valence-electron chi connectivity index (χ1n) is 8.62. The number of methoxy groups -OCH3 is 1. The topological polar surface area (TPSA) is 102 Å². The Balaban J connectivity index is 2.11. The van der Waals surface area contributed by atoms with Crippen molar-refractivity contribution in [3.8, 4) is 5.75 Å². The van der Waals surface area contributed by atoms with E-state index in [2.05, 4.69) is 10.1 Å². The molecule has 0 atom stereocenters. The number of imide groups is 1. The molecule has 1 heterocycles. The monoisotopic (exact) mass is 406 g/mol. The molecule has 1 aliphatic rings. The van der Waals surface area contributed by atoms with Crippen molar-refractivity contribution < 1.29 is 28.7 Å². The number of amides is 3. The normalized spacial score (nSPS) is 15.3. The number of esters is 1. The smallest absolute Gasteiger partial charge is 0.343 e. The van der Waals surface area contributed by atoms with Crippen LogP contribution in [0.4, 0.5) is 4.79 Å². The average Bonchev–Trinajstić information content (AvgIpc) is 2.92. The summed E-state index contributed by atoms with van der Waals surface area (Å²) in [5.41, 5.74) is 0.529. The Kier molecular flexibility index (Phi) is 7.62. The van der Waals surface area contributed by atoms with Crippen molar-refractivity contribution in [2.24, 2.45) is 5.92 Å². The van der Waals surface area contributed by atoms with Gasteiger partial charge in [-0.05, 0) is 29.8 Å². The lowest BCUT2D eigenvalue weighted by molar-refractivity contribution is -0.142. The number of ether oxygens (including phenoxy) is 2. The predicted octanol–water partition coefficient (Wildman–Crippen LogP) is 2.05. The van der Waals surface area contributed by atoms with E-state index in [4.69, 9.17) is 4.74 Å². The Morgan fingerprint density at radius 1 is 1.25 bits per heavy atom. The van der Waals surface area contributed by atoms with Crippen molar-refractivity contribution in [1.82, 2.24) is 10.2 Å². The van der Waals surface area contributed by atoms with Crippen LogP contribution in [0.2, 0.25) is 0 Å². The molecule has 1 fully saturated rings. The van der Waals surface area contributed by atoms with Crippen LogP contribution < -0.4 is 10.1 Å². The van der Waals surface area contributed by atoms with Crippen LogP contribution in [0.3, 0.4) is 0 Å². The predicted molar refractivity (Wildman–Crippen MR) is 104 cm³/mol. The Hall–Kier alpha value is -2.81. The number of carbonyl (C=O) groups excluding carboxylic acids is 4. The summed E-state index contributed by atoms with van der Waals surface area (Å²) < 4.78 is 9.94. The van der Waals surface area contributed by atoms with Crippen molar-refractivity contribution in [2.45, 2.75) is 13.8 Å². The van der Waals surface area contributed by atoms with Gasteiger partial charge in [-0.2, -0.15) is 0 Å². The highest BCUT2D eigenvalue weighted by atomic mass is 32.2. The first kappa shape index (κ1) is 21.5. The minimum absolute atomic E-state index is 0.177. The van der Waals surface area contributed by atoms with Crippen LogP contribution in [0.1, 0.15) is 19.4 Å². The summed E-state index contributed by atoms with van der Waals surface area (Å²) in [6, 6.07) is 6.78. The van der Waals surface area contributed by atoms with Crippen LogP contribution in [0.25, 0.3) is 6.08 Å². The molecule has 1 N–H and O–H groups in total. The number of benzene rings is 1. The molecule has 1 aliphatic heterocycles. The van der Waals surface area contributed by atoms with Gasteiger partial charge in [0.1, 0.15) is 12.3 Å². The zero-order valence-corrected chi connectivity index (χ0v) is 16.7. The van der Waals surface area contributed by atoms with Crippen molar-refractivity contribution in [2.75, 3.05) is 26.8 Å². The van der Waals surface area contributed by atoms with E-state index in [1.165, 1.54) is 13.2 Å². The summed E-state index contributed by atoms with van der Waals surface area (Å²) in [4.78, 5) is 49.0. The van der Waals surface area contributed by atoms with Crippen molar-refractivity contribution in [1.29, 1.82) is 0 Å². The first-order chi connectivity index (χ1) is 13.3. The van der Waals surface area contributed by atoms with E-state index < -0.39 is 17.1 Å². The lowest BCUT2D eigenvalue weighted by atomic mass is 10.2. The molecule has 1 aromatic carbocycles. The van der Waals surface area contributed by atoms with Crippen LogP contribution >= 0.6 is 11.8 Å². The summed E-state index contributed by atoms with van der Waals surface area (Å²) in [7, 11) is 1.25. The molecule has 0 radical (unpaired) electrons. The largest absolute Gasteiger partial charge is 0.481 e. The van der Waals surface area contributed by atoms with E-state index >= 15 is 0 Å². The second-order valence-electron chi connectivity index (χ2n) is 6.37. The van der Waals surface area contributed by atoms with Gasteiger partial charge in [-0.25, -0.2) is 4.79 Å². The van der Waals surface area contributed by atoms with Crippen molar-refractivity contribution >= 4 is 40.9 Å². The Labute approximate surface area is 167 Å². The first-order valence-corrected chi connectivity index (χ1v) is 9.44. The van der Waals surface area contributed by atoms with Gasteiger partial charge < -0.3 is 14.8 Å². The maximum absolute atomic E-state index is 12.5. The van der Waals surface area contributed by atoms with E-state index in [1.54, 1.807) is 24.3 Å². The van der Waals surface area contributed by atoms with E-state index in [9.17, 15) is 19.2 Å². The van der Waals surface area contributed by atoms with E-state index in [0.717, 1.165) is 16.7 Å². The number of rotatable bonds is 8. The molecule has 0 saturated carbocycles. The van der Waals surface area contributed by atoms with Gasteiger partial charge >= 0.3 is 5.97 Å². The molecule has 150 valence electrons. The summed E-state index contributed by atoms with van der Waals surface area (Å²) in [6.07, 6.45) is 1.50. The zero-order valence-electron chi connectivity index (χ0n) is 15.9. The van der Waals surface area contributed by atoms with Crippen LogP contribution in [0.15, 0.2) is 29.2 Å². The molecule has 28 heavy (non-hydrogen) atoms. The molecular weight excluding hydrogens is 384 g/mol. The minimum atomic E-state index is -0.544. The second-order valence-corrected chi connectivity index (χ2v) is 7.36. The quantitative estimate of drug-likeness (QED) is 0.521. The molecule has 0 spiro atoms. The molecule has 1 aromatic rings. The van der Waals surface area contributed by atoms with Crippen molar-refractivity contribution in [3.05, 3.63) is 34.7 Å². The lowest BCUT2D eigenvalue weighted by Gasteiger charge is -2.13. The summed E-state index contributed by atoms with van der Waals surface area (Å²) >= 11 is 0.752. The maximum Gasteiger partial charge on any atom is 0.343 e. The molecule has 8 nitrogen and oxygen atoms in total. The average molecular weight is 406 g/mol. The van der Waals surface area contributed by atoms with Gasteiger partial charge in [0.2, 0.25) is 5.91 Å². The fourth-order valence-electron chi connectivity index (χ4n) is 2.22. The van der Waals surface area contributed by atoms with E-state index in [0.29, 0.717) is 17.9 Å². The van der Waals surface area contributed by atoms with Gasteiger partial charge in [0.05, 0.1) is 12.0 Å².